The lowest BCUT2D eigenvalue weighted by Gasteiger charge is -2.17. The SMILES string of the molecule is Cc1ccccc1[C@H](C)NCc1c(Cl)cccc1Cl. The fraction of sp³-hybridized carbons (Fsp3) is 0.250. The summed E-state index contributed by atoms with van der Waals surface area (Å²) in [6.45, 7) is 4.93. The summed E-state index contributed by atoms with van der Waals surface area (Å²) in [7, 11) is 0. The lowest BCUT2D eigenvalue weighted by atomic mass is 10.0. The van der Waals surface area contributed by atoms with Gasteiger partial charge < -0.3 is 5.32 Å². The van der Waals surface area contributed by atoms with Gasteiger partial charge in [0.15, 0.2) is 0 Å². The van der Waals surface area contributed by atoms with Gasteiger partial charge in [0.1, 0.15) is 0 Å². The molecule has 1 atom stereocenters. The Balaban J connectivity index is 2.09. The van der Waals surface area contributed by atoms with Crippen molar-refractivity contribution >= 4 is 23.2 Å². The summed E-state index contributed by atoms with van der Waals surface area (Å²) in [6, 6.07) is 14.2. The van der Waals surface area contributed by atoms with Crippen molar-refractivity contribution < 1.29 is 0 Å². The second kappa shape index (κ2) is 6.42. The molecule has 0 aliphatic rings. The van der Waals surface area contributed by atoms with Crippen LogP contribution >= 0.6 is 23.2 Å². The van der Waals surface area contributed by atoms with Gasteiger partial charge in [-0.3, -0.25) is 0 Å². The van der Waals surface area contributed by atoms with E-state index in [-0.39, 0.29) is 6.04 Å². The minimum absolute atomic E-state index is 0.258. The van der Waals surface area contributed by atoms with Gasteiger partial charge in [0.05, 0.1) is 0 Å². The van der Waals surface area contributed by atoms with Crippen LogP contribution in [0.15, 0.2) is 42.5 Å². The highest BCUT2D eigenvalue weighted by atomic mass is 35.5. The first kappa shape index (κ1) is 14.4. The summed E-state index contributed by atoms with van der Waals surface area (Å²) in [6.07, 6.45) is 0. The minimum atomic E-state index is 0.258. The molecule has 2 rings (SSSR count). The molecule has 2 aromatic rings. The maximum absolute atomic E-state index is 6.17. The molecule has 19 heavy (non-hydrogen) atoms. The Morgan fingerprint density at radius 2 is 1.63 bits per heavy atom. The predicted octanol–water partition coefficient (Wildman–Crippen LogP) is 5.15. The number of halogens is 2. The molecule has 0 unspecified atom stereocenters. The Morgan fingerprint density at radius 1 is 1.00 bits per heavy atom. The van der Waals surface area contributed by atoms with Crippen LogP contribution in [0.3, 0.4) is 0 Å². The number of benzene rings is 2. The van der Waals surface area contributed by atoms with E-state index in [2.05, 4.69) is 43.4 Å². The van der Waals surface area contributed by atoms with E-state index in [0.29, 0.717) is 16.6 Å². The smallest absolute Gasteiger partial charge is 0.0465 e. The molecule has 0 amide bonds. The molecule has 2 aromatic carbocycles. The van der Waals surface area contributed by atoms with Gasteiger partial charge in [-0.2, -0.15) is 0 Å². The number of hydrogen-bond donors (Lipinski definition) is 1. The molecular formula is C16H17Cl2N. The van der Waals surface area contributed by atoms with Crippen LogP contribution in [0.1, 0.15) is 29.7 Å². The highest BCUT2D eigenvalue weighted by Crippen LogP contribution is 2.25. The second-order valence-electron chi connectivity index (χ2n) is 4.66. The summed E-state index contributed by atoms with van der Waals surface area (Å²) in [5.74, 6) is 0. The number of rotatable bonds is 4. The van der Waals surface area contributed by atoms with Gasteiger partial charge in [-0.1, -0.05) is 53.5 Å². The molecule has 0 radical (unpaired) electrons. The molecule has 0 heterocycles. The Hall–Kier alpha value is -1.02. The molecule has 0 fully saturated rings. The van der Waals surface area contributed by atoms with Crippen molar-refractivity contribution in [2.45, 2.75) is 26.4 Å². The molecule has 0 aromatic heterocycles. The van der Waals surface area contributed by atoms with Crippen molar-refractivity contribution in [2.24, 2.45) is 0 Å². The first-order valence-corrected chi connectivity index (χ1v) is 7.07. The van der Waals surface area contributed by atoms with Gasteiger partial charge in [0.2, 0.25) is 0 Å². The third-order valence-corrected chi connectivity index (χ3v) is 4.01. The van der Waals surface area contributed by atoms with Gasteiger partial charge in [0.25, 0.3) is 0 Å². The zero-order valence-corrected chi connectivity index (χ0v) is 12.6. The Bertz CT molecular complexity index is 546. The molecule has 3 heteroatoms. The highest BCUT2D eigenvalue weighted by molar-refractivity contribution is 6.35. The normalized spacial score (nSPS) is 12.4. The fourth-order valence-corrected chi connectivity index (χ4v) is 2.67. The minimum Gasteiger partial charge on any atom is -0.306 e. The van der Waals surface area contributed by atoms with Crippen molar-refractivity contribution in [2.75, 3.05) is 0 Å². The van der Waals surface area contributed by atoms with Crippen molar-refractivity contribution in [3.63, 3.8) is 0 Å². The van der Waals surface area contributed by atoms with E-state index in [0.717, 1.165) is 5.56 Å². The van der Waals surface area contributed by atoms with Crippen LogP contribution in [0, 0.1) is 6.92 Å². The average molecular weight is 294 g/mol. The van der Waals surface area contributed by atoms with E-state index in [1.54, 1.807) is 0 Å². The maximum atomic E-state index is 6.17. The maximum Gasteiger partial charge on any atom is 0.0465 e. The second-order valence-corrected chi connectivity index (χ2v) is 5.47. The van der Waals surface area contributed by atoms with Crippen molar-refractivity contribution in [1.29, 1.82) is 0 Å². The third-order valence-electron chi connectivity index (χ3n) is 3.30. The van der Waals surface area contributed by atoms with Gasteiger partial charge in [-0.25, -0.2) is 0 Å². The van der Waals surface area contributed by atoms with Crippen LogP contribution < -0.4 is 5.32 Å². The van der Waals surface area contributed by atoms with Gasteiger partial charge >= 0.3 is 0 Å². The van der Waals surface area contributed by atoms with E-state index in [4.69, 9.17) is 23.2 Å². The summed E-state index contributed by atoms with van der Waals surface area (Å²) in [4.78, 5) is 0. The zero-order valence-electron chi connectivity index (χ0n) is 11.1. The largest absolute Gasteiger partial charge is 0.306 e. The number of hydrogen-bond acceptors (Lipinski definition) is 1. The van der Waals surface area contributed by atoms with Gasteiger partial charge in [-0.05, 0) is 37.1 Å². The molecule has 0 aliphatic heterocycles. The first-order chi connectivity index (χ1) is 9.09. The number of aryl methyl sites for hydroxylation is 1. The highest BCUT2D eigenvalue weighted by Gasteiger charge is 2.10. The molecule has 0 saturated heterocycles. The summed E-state index contributed by atoms with van der Waals surface area (Å²) in [5, 5.41) is 4.88. The first-order valence-electron chi connectivity index (χ1n) is 6.31. The summed E-state index contributed by atoms with van der Waals surface area (Å²) in [5.41, 5.74) is 3.53. The Labute approximate surface area is 124 Å². The molecular weight excluding hydrogens is 277 g/mol. The lowest BCUT2D eigenvalue weighted by Crippen LogP contribution is -2.19. The molecule has 0 spiro atoms. The van der Waals surface area contributed by atoms with E-state index in [1.807, 2.05) is 18.2 Å². The van der Waals surface area contributed by atoms with Gasteiger partial charge in [-0.15, -0.1) is 0 Å². The predicted molar refractivity (Wildman–Crippen MR) is 82.9 cm³/mol. The van der Waals surface area contributed by atoms with Crippen LogP contribution in [0.2, 0.25) is 10.0 Å². The molecule has 0 aliphatic carbocycles. The quantitative estimate of drug-likeness (QED) is 0.822. The molecule has 0 saturated carbocycles. The van der Waals surface area contributed by atoms with Crippen molar-refractivity contribution in [3.8, 4) is 0 Å². The van der Waals surface area contributed by atoms with Crippen LogP contribution in [0.5, 0.6) is 0 Å². The van der Waals surface area contributed by atoms with E-state index >= 15 is 0 Å². The summed E-state index contributed by atoms with van der Waals surface area (Å²) < 4.78 is 0. The number of nitrogens with one attached hydrogen (secondary N) is 1. The lowest BCUT2D eigenvalue weighted by molar-refractivity contribution is 0.572. The van der Waals surface area contributed by atoms with E-state index in [9.17, 15) is 0 Å². The van der Waals surface area contributed by atoms with E-state index in [1.165, 1.54) is 11.1 Å². The van der Waals surface area contributed by atoms with Crippen molar-refractivity contribution in [1.82, 2.24) is 5.32 Å². The van der Waals surface area contributed by atoms with Crippen LogP contribution in [-0.2, 0) is 6.54 Å². The van der Waals surface area contributed by atoms with Crippen LogP contribution in [0.4, 0.5) is 0 Å². The summed E-state index contributed by atoms with van der Waals surface area (Å²) >= 11 is 12.3. The van der Waals surface area contributed by atoms with Crippen LogP contribution in [0.25, 0.3) is 0 Å². The monoisotopic (exact) mass is 293 g/mol. The zero-order chi connectivity index (χ0) is 13.8. The Morgan fingerprint density at radius 3 is 2.26 bits per heavy atom. The third kappa shape index (κ3) is 3.50. The molecule has 100 valence electrons. The molecule has 1 nitrogen and oxygen atoms in total. The Kier molecular flexibility index (Phi) is 4.87. The van der Waals surface area contributed by atoms with Crippen LogP contribution in [-0.4, -0.2) is 0 Å². The van der Waals surface area contributed by atoms with Gasteiger partial charge in [0, 0.05) is 28.2 Å². The van der Waals surface area contributed by atoms with E-state index < -0.39 is 0 Å². The standard InChI is InChI=1S/C16H17Cl2N/c1-11-6-3-4-7-13(11)12(2)19-10-14-15(17)8-5-9-16(14)18/h3-9,12,19H,10H2,1-2H3/t12-/m0/s1. The average Bonchev–Trinajstić information content (AvgIpc) is 2.38. The topological polar surface area (TPSA) is 12.0 Å². The molecule has 0 bridgehead atoms. The van der Waals surface area contributed by atoms with Crippen molar-refractivity contribution in [3.05, 3.63) is 69.2 Å². The molecule has 1 N–H and O–H groups in total. The fourth-order valence-electron chi connectivity index (χ4n) is 2.14.